The number of carboxylic acid groups (broad SMARTS) is 1. The van der Waals surface area contributed by atoms with E-state index in [4.69, 9.17) is 39.9 Å². The summed E-state index contributed by atoms with van der Waals surface area (Å²) >= 11 is 17.1. The molecule has 0 aliphatic rings. The third kappa shape index (κ3) is 4.37. The van der Waals surface area contributed by atoms with Crippen molar-refractivity contribution in [3.63, 3.8) is 0 Å². The zero-order valence-electron chi connectivity index (χ0n) is 9.20. The van der Waals surface area contributed by atoms with E-state index in [-0.39, 0.29) is 12.4 Å². The summed E-state index contributed by atoms with van der Waals surface area (Å²) in [7, 11) is 0. The summed E-state index contributed by atoms with van der Waals surface area (Å²) < 4.78 is 0. The van der Waals surface area contributed by atoms with E-state index in [1.807, 2.05) is 0 Å². The predicted molar refractivity (Wildman–Crippen MR) is 70.2 cm³/mol. The van der Waals surface area contributed by atoms with E-state index in [1.165, 1.54) is 6.07 Å². The van der Waals surface area contributed by atoms with Gasteiger partial charge in [-0.1, -0.05) is 29.3 Å². The third-order valence-corrected chi connectivity index (χ3v) is 2.99. The van der Waals surface area contributed by atoms with Gasteiger partial charge in [0.1, 0.15) is 12.4 Å². The van der Waals surface area contributed by atoms with Crippen molar-refractivity contribution in [2.75, 3.05) is 12.4 Å². The van der Waals surface area contributed by atoms with Gasteiger partial charge in [0.25, 0.3) is 0 Å². The smallest absolute Gasteiger partial charge is 0.323 e. The second-order valence-corrected chi connectivity index (χ2v) is 4.62. The summed E-state index contributed by atoms with van der Waals surface area (Å²) in [6, 6.07) is 4.79. The fourth-order valence-corrected chi connectivity index (χ4v) is 1.97. The summed E-state index contributed by atoms with van der Waals surface area (Å²) in [5.41, 5.74) is 0.612. The van der Waals surface area contributed by atoms with Gasteiger partial charge >= 0.3 is 5.97 Å². The molecule has 4 nitrogen and oxygen atoms in total. The molecular formula is C11H10Cl3NO3. The minimum atomic E-state index is -1.11. The van der Waals surface area contributed by atoms with Crippen molar-refractivity contribution in [2.45, 2.75) is 6.54 Å². The first-order valence-corrected chi connectivity index (χ1v) is 6.22. The van der Waals surface area contributed by atoms with Crippen LogP contribution < -0.4 is 0 Å². The normalized spacial score (nSPS) is 10.2. The minimum absolute atomic E-state index is 0.0772. The van der Waals surface area contributed by atoms with Gasteiger partial charge in [0.2, 0.25) is 5.91 Å². The summed E-state index contributed by atoms with van der Waals surface area (Å²) in [6.07, 6.45) is 0. The molecule has 0 atom stereocenters. The molecule has 0 aromatic heterocycles. The van der Waals surface area contributed by atoms with Gasteiger partial charge in [0.15, 0.2) is 0 Å². The number of aliphatic carboxylic acids is 1. The molecule has 0 radical (unpaired) electrons. The molecular weight excluding hydrogens is 300 g/mol. The molecule has 0 saturated carbocycles. The van der Waals surface area contributed by atoms with E-state index in [9.17, 15) is 9.59 Å². The molecule has 0 aliphatic carbocycles. The summed E-state index contributed by atoms with van der Waals surface area (Å²) in [6.45, 7) is -0.349. The molecule has 1 rings (SSSR count). The molecule has 18 heavy (non-hydrogen) atoms. The molecule has 0 heterocycles. The van der Waals surface area contributed by atoms with E-state index in [0.717, 1.165) is 4.90 Å². The lowest BCUT2D eigenvalue weighted by molar-refractivity contribution is -0.143. The van der Waals surface area contributed by atoms with Crippen LogP contribution in [-0.2, 0) is 16.1 Å². The van der Waals surface area contributed by atoms with E-state index in [0.29, 0.717) is 15.6 Å². The molecule has 0 saturated heterocycles. The van der Waals surface area contributed by atoms with Crippen LogP contribution in [0.2, 0.25) is 10.0 Å². The highest BCUT2D eigenvalue weighted by Crippen LogP contribution is 2.22. The highest BCUT2D eigenvalue weighted by molar-refractivity contribution is 6.35. The molecule has 1 aromatic rings. The number of benzene rings is 1. The Morgan fingerprint density at radius 3 is 2.44 bits per heavy atom. The average molecular weight is 311 g/mol. The van der Waals surface area contributed by atoms with Crippen LogP contribution in [0.1, 0.15) is 5.56 Å². The molecule has 0 bridgehead atoms. The van der Waals surface area contributed by atoms with Gasteiger partial charge in [-0.25, -0.2) is 0 Å². The van der Waals surface area contributed by atoms with Crippen molar-refractivity contribution < 1.29 is 14.7 Å². The van der Waals surface area contributed by atoms with Crippen molar-refractivity contribution in [3.8, 4) is 0 Å². The Morgan fingerprint density at radius 1 is 1.28 bits per heavy atom. The van der Waals surface area contributed by atoms with Gasteiger partial charge in [0.05, 0.1) is 0 Å². The fraction of sp³-hybridized carbons (Fsp3) is 0.273. The van der Waals surface area contributed by atoms with Gasteiger partial charge in [0, 0.05) is 16.6 Å². The fourth-order valence-electron chi connectivity index (χ4n) is 1.34. The van der Waals surface area contributed by atoms with Gasteiger partial charge < -0.3 is 10.0 Å². The van der Waals surface area contributed by atoms with Crippen molar-refractivity contribution >= 4 is 46.7 Å². The Morgan fingerprint density at radius 2 is 1.94 bits per heavy atom. The van der Waals surface area contributed by atoms with Crippen molar-refractivity contribution in [3.05, 3.63) is 33.8 Å². The first-order valence-electron chi connectivity index (χ1n) is 4.93. The Balaban J connectivity index is 2.88. The highest BCUT2D eigenvalue weighted by atomic mass is 35.5. The first kappa shape index (κ1) is 15.1. The molecule has 1 aromatic carbocycles. The van der Waals surface area contributed by atoms with Crippen LogP contribution >= 0.6 is 34.8 Å². The molecule has 0 aliphatic heterocycles. The Bertz CT molecular complexity index is 465. The van der Waals surface area contributed by atoms with Crippen LogP contribution in [0.4, 0.5) is 0 Å². The van der Waals surface area contributed by atoms with Crippen LogP contribution in [0, 0.1) is 0 Å². The number of hydrogen-bond donors (Lipinski definition) is 1. The van der Waals surface area contributed by atoms with Gasteiger partial charge in [-0.05, 0) is 17.7 Å². The number of nitrogens with zero attached hydrogens (tertiary/aromatic N) is 1. The number of carbonyl (C=O) groups is 2. The number of carboxylic acids is 1. The molecule has 1 N–H and O–H groups in total. The number of carbonyl (C=O) groups excluding carboxylic acids is 1. The van der Waals surface area contributed by atoms with Crippen molar-refractivity contribution in [2.24, 2.45) is 0 Å². The quantitative estimate of drug-likeness (QED) is 0.851. The number of alkyl halides is 1. The second kappa shape index (κ2) is 6.83. The topological polar surface area (TPSA) is 57.6 Å². The van der Waals surface area contributed by atoms with Gasteiger partial charge in [-0.2, -0.15) is 0 Å². The summed E-state index contributed by atoms with van der Waals surface area (Å²) in [5, 5.41) is 9.57. The first-order chi connectivity index (χ1) is 8.43. The Hall–Kier alpha value is -0.970. The molecule has 0 fully saturated rings. The average Bonchev–Trinajstić information content (AvgIpc) is 2.30. The SMILES string of the molecule is O=C(O)CN(Cc1ccc(Cl)cc1Cl)C(=O)CCl. The van der Waals surface area contributed by atoms with Crippen molar-refractivity contribution in [1.82, 2.24) is 4.90 Å². The maximum Gasteiger partial charge on any atom is 0.323 e. The van der Waals surface area contributed by atoms with E-state index < -0.39 is 18.4 Å². The van der Waals surface area contributed by atoms with E-state index in [1.54, 1.807) is 12.1 Å². The van der Waals surface area contributed by atoms with Gasteiger partial charge in [-0.15, -0.1) is 11.6 Å². The minimum Gasteiger partial charge on any atom is -0.480 e. The lowest BCUT2D eigenvalue weighted by Gasteiger charge is -2.20. The van der Waals surface area contributed by atoms with Gasteiger partial charge in [-0.3, -0.25) is 9.59 Å². The van der Waals surface area contributed by atoms with E-state index >= 15 is 0 Å². The Labute approximate surface area is 119 Å². The lowest BCUT2D eigenvalue weighted by Crippen LogP contribution is -2.36. The number of hydrogen-bond acceptors (Lipinski definition) is 2. The van der Waals surface area contributed by atoms with E-state index in [2.05, 4.69) is 0 Å². The predicted octanol–water partition coefficient (Wildman–Crippen LogP) is 2.65. The number of amides is 1. The molecule has 0 unspecified atom stereocenters. The zero-order chi connectivity index (χ0) is 13.7. The largest absolute Gasteiger partial charge is 0.480 e. The van der Waals surface area contributed by atoms with Crippen LogP contribution in [0.25, 0.3) is 0 Å². The maximum absolute atomic E-state index is 11.5. The Kier molecular flexibility index (Phi) is 5.72. The van der Waals surface area contributed by atoms with Crippen LogP contribution in [0.5, 0.6) is 0 Å². The molecule has 1 amide bonds. The summed E-state index contributed by atoms with van der Waals surface area (Å²) in [4.78, 5) is 23.3. The standard InChI is InChI=1S/C11H10Cl3NO3/c12-4-10(16)15(6-11(17)18)5-7-1-2-8(13)3-9(7)14/h1-3H,4-6H2,(H,17,18). The molecule has 98 valence electrons. The zero-order valence-corrected chi connectivity index (χ0v) is 11.5. The number of halogens is 3. The maximum atomic E-state index is 11.5. The molecule has 0 spiro atoms. The third-order valence-electron chi connectivity index (χ3n) is 2.17. The lowest BCUT2D eigenvalue weighted by atomic mass is 10.2. The monoisotopic (exact) mass is 309 g/mol. The second-order valence-electron chi connectivity index (χ2n) is 3.51. The summed E-state index contributed by atoms with van der Waals surface area (Å²) in [5.74, 6) is -1.86. The highest BCUT2D eigenvalue weighted by Gasteiger charge is 2.17. The van der Waals surface area contributed by atoms with Crippen molar-refractivity contribution in [1.29, 1.82) is 0 Å². The number of rotatable bonds is 5. The van der Waals surface area contributed by atoms with Crippen LogP contribution in [-0.4, -0.2) is 34.3 Å². The van der Waals surface area contributed by atoms with Crippen LogP contribution in [0.15, 0.2) is 18.2 Å². The van der Waals surface area contributed by atoms with Crippen LogP contribution in [0.3, 0.4) is 0 Å². The molecule has 7 heteroatoms.